The Bertz CT molecular complexity index is 2990. The number of Topliss-reactive ketones (excluding diaryl/α,β-unsaturated/α-hetero) is 4. The number of carboxylic acids is 1. The van der Waals surface area contributed by atoms with E-state index in [9.17, 15) is 78.0 Å². The van der Waals surface area contributed by atoms with Crippen molar-refractivity contribution >= 4 is 82.4 Å². The number of nitrogens with one attached hydrogen (secondary N) is 6. The number of guanidine groups is 2. The first-order valence-corrected chi connectivity index (χ1v) is 32.5. The fourth-order valence-corrected chi connectivity index (χ4v) is 11.4. The number of aliphatic carboxylic acids is 1. The summed E-state index contributed by atoms with van der Waals surface area (Å²) in [5.74, 6) is -15.6. The largest absolute Gasteiger partial charge is 0.508 e. The second kappa shape index (κ2) is 41.1. The third kappa shape index (κ3) is 29.4. The fourth-order valence-electron chi connectivity index (χ4n) is 11.4. The molecule has 32 nitrogen and oxygen atoms in total. The molecule has 7 amide bonds. The minimum Gasteiger partial charge on any atom is -0.508 e. The topological polar surface area (TPSA) is 559 Å². The molecule has 0 bridgehead atoms. The molecule has 3 rings (SSSR count). The summed E-state index contributed by atoms with van der Waals surface area (Å²) in [4.78, 5) is 182. The quantitative estimate of drug-likeness (QED) is 0.0199. The van der Waals surface area contributed by atoms with Gasteiger partial charge in [-0.25, -0.2) is 4.98 Å². The minimum absolute atomic E-state index is 0.00797. The zero-order valence-corrected chi connectivity index (χ0v) is 55.8. The number of likely N-dealkylation sites (tertiary alicyclic amines) is 1. The number of carboxylic acid groups (broad SMARTS) is 1. The SMILES string of the molecule is CC(=O)N[C@@H](CC(C)C)C(=O)C[C@@H](CCCN=C(N)N)C(=O)N1CC(O)C[C@H]1C(=O)N[C@@H](Cc1cnc[nH]1)C(=O)N[C@H](C(=O)C[C@@H](CC(=O)O)C(=O)N[C@@H](CCCCN)C(=O)C[C@@H](Cc1ccc(O)cc1)C(=O)N[C@@H](CCCN=C(N)N)C(=O)C[C@@H](CC(C)C)C(N)=O)[C@@H](C)O. The van der Waals surface area contributed by atoms with Gasteiger partial charge in [-0.15, -0.1) is 0 Å². The number of H-pyrrole nitrogens is 1. The van der Waals surface area contributed by atoms with Gasteiger partial charge < -0.3 is 91.3 Å². The Morgan fingerprint density at radius 2 is 1.17 bits per heavy atom. The van der Waals surface area contributed by atoms with Gasteiger partial charge in [0.15, 0.2) is 35.1 Å². The van der Waals surface area contributed by atoms with Crippen molar-refractivity contribution in [3.63, 3.8) is 0 Å². The van der Waals surface area contributed by atoms with Crippen LogP contribution in [0.4, 0.5) is 0 Å². The maximum Gasteiger partial charge on any atom is 0.304 e. The second-order valence-corrected chi connectivity index (χ2v) is 25.6. The number of carbonyl (C=O) groups excluding carboxylic acids is 11. The van der Waals surface area contributed by atoms with Gasteiger partial charge in [0, 0.05) is 94.7 Å². The highest BCUT2D eigenvalue weighted by Gasteiger charge is 2.44. The van der Waals surface area contributed by atoms with Crippen molar-refractivity contribution in [2.24, 2.45) is 79.9 Å². The molecule has 1 saturated heterocycles. The van der Waals surface area contributed by atoms with Crippen LogP contribution in [0, 0.1) is 35.5 Å². The van der Waals surface area contributed by atoms with Gasteiger partial charge in [0.25, 0.3) is 0 Å². The van der Waals surface area contributed by atoms with E-state index in [-0.39, 0.29) is 145 Å². The summed E-state index contributed by atoms with van der Waals surface area (Å²) >= 11 is 0. The van der Waals surface area contributed by atoms with Gasteiger partial charge in [-0.3, -0.25) is 67.5 Å². The zero-order valence-electron chi connectivity index (χ0n) is 55.8. The van der Waals surface area contributed by atoms with Crippen LogP contribution >= 0.6 is 0 Å². The Balaban J connectivity index is 1.97. The molecule has 0 aliphatic carbocycles. The van der Waals surface area contributed by atoms with E-state index in [0.717, 1.165) is 11.8 Å². The van der Waals surface area contributed by atoms with Gasteiger partial charge in [0.05, 0.1) is 49.0 Å². The second-order valence-electron chi connectivity index (χ2n) is 25.6. The fraction of sp³-hybridized carbons (Fsp3) is 0.641. The average molecular weight is 1350 g/mol. The average Bonchev–Trinajstić information content (AvgIpc) is 1.71. The molecule has 1 fully saturated rings. The van der Waals surface area contributed by atoms with Crippen molar-refractivity contribution in [3.05, 3.63) is 48.0 Å². The van der Waals surface area contributed by atoms with Crippen molar-refractivity contribution in [1.29, 1.82) is 0 Å². The number of hydrogen-bond acceptors (Lipinski definition) is 19. The van der Waals surface area contributed by atoms with Crippen LogP contribution in [0.2, 0.25) is 0 Å². The van der Waals surface area contributed by atoms with E-state index in [1.165, 1.54) is 43.7 Å². The summed E-state index contributed by atoms with van der Waals surface area (Å²) in [6.45, 7) is 9.76. The lowest BCUT2D eigenvalue weighted by Gasteiger charge is -2.30. The number of amides is 7. The molecule has 1 aromatic carbocycles. The number of aromatic amines is 1. The zero-order chi connectivity index (χ0) is 71.9. The van der Waals surface area contributed by atoms with E-state index in [1.54, 1.807) is 0 Å². The van der Waals surface area contributed by atoms with Crippen molar-refractivity contribution in [3.8, 4) is 5.75 Å². The number of β-amino-alcohol motifs (C(OH)–C–C–N with tert-alkyl or cyclic N) is 1. The lowest BCUT2D eigenvalue weighted by molar-refractivity contribution is -0.144. The molecule has 1 aromatic heterocycles. The van der Waals surface area contributed by atoms with E-state index in [4.69, 9.17) is 34.4 Å². The summed E-state index contributed by atoms with van der Waals surface area (Å²) in [5, 5.41) is 55.3. The Kier molecular flexibility index (Phi) is 34.9. The van der Waals surface area contributed by atoms with E-state index in [2.05, 4.69) is 46.5 Å². The van der Waals surface area contributed by atoms with Crippen molar-refractivity contribution in [1.82, 2.24) is 41.5 Å². The molecular formula is C64H102N16O16. The standard InChI is InChI=1S/C64H102N16O16/c1-34(2)21-40(57(66)91)25-51(85)47(13-10-20-73-64(69)70)77-58(92)41(23-38-14-16-44(83)17-15-38)26-52(86)46(12-7-8-18-65)76-59(93)42(28-55(89)90)27-54(88)56(36(5)81)79-60(94)49(29-43-31-71-33-74-43)78-61(95)50-30-45(84)32-80(50)62(96)39(11-9-19-72-63(67)68)24-53(87)48(22-35(3)4)75-37(6)82/h14-17,31,33-36,39-42,45-50,56,81,83-84H,7-13,18-30,32,65H2,1-6H3,(H2,66,91)(H,71,74)(H,75,82)(H,76,93)(H,77,92)(H,78,95)(H,79,94)(H,89,90)(H4,67,68,72)(H4,69,70,73)/t36-,39-,40-,41-,42+,45?,46+,47+,48+,49+,50+,56+/m1/s1. The number of phenols is 1. The van der Waals surface area contributed by atoms with Crippen LogP contribution in [0.25, 0.3) is 0 Å². The van der Waals surface area contributed by atoms with Crippen LogP contribution < -0.4 is 61.0 Å². The molecule has 534 valence electrons. The number of rotatable bonds is 46. The predicted octanol–water partition coefficient (Wildman–Crippen LogP) is -1.72. The smallest absolute Gasteiger partial charge is 0.304 e. The number of hydrogen-bond donors (Lipinski definition) is 16. The van der Waals surface area contributed by atoms with Crippen molar-refractivity contribution in [2.45, 2.75) is 199 Å². The molecule has 12 atom stereocenters. The molecule has 1 unspecified atom stereocenters. The van der Waals surface area contributed by atoms with E-state index in [0.29, 0.717) is 12.0 Å². The third-order valence-corrected chi connectivity index (χ3v) is 16.3. The Morgan fingerprint density at radius 3 is 1.69 bits per heavy atom. The number of aliphatic imine (C=N–C) groups is 2. The first kappa shape index (κ1) is 81.3. The van der Waals surface area contributed by atoms with E-state index >= 15 is 0 Å². The lowest BCUT2D eigenvalue weighted by Crippen LogP contribution is -2.58. The third-order valence-electron chi connectivity index (χ3n) is 16.3. The first-order valence-electron chi connectivity index (χ1n) is 32.5. The van der Waals surface area contributed by atoms with Crippen LogP contribution in [0.3, 0.4) is 0 Å². The van der Waals surface area contributed by atoms with E-state index in [1.807, 2.05) is 27.7 Å². The van der Waals surface area contributed by atoms with Gasteiger partial charge in [-0.1, -0.05) is 39.8 Å². The number of nitrogens with two attached hydrogens (primary N) is 6. The number of phenolic OH excluding ortho intramolecular Hbond substituents is 1. The molecule has 32 heteroatoms. The maximum absolute atomic E-state index is 14.7. The molecule has 2 aromatic rings. The molecule has 0 spiro atoms. The highest BCUT2D eigenvalue weighted by molar-refractivity contribution is 6.00. The van der Waals surface area contributed by atoms with Crippen LogP contribution in [0.15, 0.2) is 46.8 Å². The summed E-state index contributed by atoms with van der Waals surface area (Å²) in [6, 6.07) is -2.74. The van der Waals surface area contributed by atoms with Crippen LogP contribution in [0.5, 0.6) is 5.75 Å². The predicted molar refractivity (Wildman–Crippen MR) is 353 cm³/mol. The summed E-state index contributed by atoms with van der Waals surface area (Å²) in [6.07, 6.45) is -2.83. The van der Waals surface area contributed by atoms with Gasteiger partial charge in [-0.05, 0) is 107 Å². The van der Waals surface area contributed by atoms with Gasteiger partial charge in [0.2, 0.25) is 41.4 Å². The number of primary amides is 1. The van der Waals surface area contributed by atoms with E-state index < -0.39 is 162 Å². The lowest BCUT2D eigenvalue weighted by atomic mass is 9.87. The number of imidazole rings is 1. The maximum atomic E-state index is 14.7. The summed E-state index contributed by atoms with van der Waals surface area (Å²) < 4.78 is 0. The Labute approximate surface area is 558 Å². The minimum atomic E-state index is -1.87. The number of benzene rings is 1. The van der Waals surface area contributed by atoms with Gasteiger partial charge >= 0.3 is 5.97 Å². The Hall–Kier alpha value is -8.91. The number of aliphatic hydroxyl groups excluding tert-OH is 2. The van der Waals surface area contributed by atoms with Crippen molar-refractivity contribution < 1.29 is 78.0 Å². The highest BCUT2D eigenvalue weighted by Crippen LogP contribution is 2.27. The number of aromatic nitrogens is 2. The van der Waals surface area contributed by atoms with Crippen LogP contribution in [-0.4, -0.2) is 192 Å². The summed E-state index contributed by atoms with van der Waals surface area (Å²) in [5.41, 5.74) is 34.3. The number of aliphatic hydroxyl groups is 2. The normalized spacial score (nSPS) is 16.8. The highest BCUT2D eigenvalue weighted by atomic mass is 16.4. The number of carbonyl (C=O) groups is 12. The number of ketones is 4. The first-order chi connectivity index (χ1) is 45.2. The van der Waals surface area contributed by atoms with Gasteiger partial charge in [-0.2, -0.15) is 0 Å². The monoisotopic (exact) mass is 1350 g/mol. The van der Waals surface area contributed by atoms with Crippen LogP contribution in [-0.2, 0) is 70.4 Å². The van der Waals surface area contributed by atoms with Crippen LogP contribution in [0.1, 0.15) is 149 Å². The molecule has 1 aliphatic heterocycles. The molecule has 0 saturated carbocycles. The van der Waals surface area contributed by atoms with Gasteiger partial charge in [0.1, 0.15) is 23.9 Å². The Morgan fingerprint density at radius 1 is 0.625 bits per heavy atom. The molecule has 0 radical (unpaired) electrons. The summed E-state index contributed by atoms with van der Waals surface area (Å²) in [7, 11) is 0. The number of nitrogens with zero attached hydrogens (tertiary/aromatic N) is 4. The molecular weight excluding hydrogens is 1250 g/mol. The number of aromatic hydroxyl groups is 1. The number of unbranched alkanes of at least 4 members (excludes halogenated alkanes) is 1. The molecule has 96 heavy (non-hydrogen) atoms. The molecule has 22 N–H and O–H groups in total. The molecule has 1 aliphatic rings. The van der Waals surface area contributed by atoms with Crippen molar-refractivity contribution in [2.75, 3.05) is 26.2 Å². The molecule has 2 heterocycles.